The van der Waals surface area contributed by atoms with Crippen LogP contribution in [0.2, 0.25) is 0 Å². The van der Waals surface area contributed by atoms with Crippen molar-refractivity contribution in [1.29, 1.82) is 0 Å². The molecule has 25 heavy (non-hydrogen) atoms. The molecule has 2 aromatic carbocycles. The van der Waals surface area contributed by atoms with Crippen LogP contribution in [-0.2, 0) is 4.74 Å². The highest BCUT2D eigenvalue weighted by Crippen LogP contribution is 2.22. The normalized spacial score (nSPS) is 12.0. The number of nitrogens with zero attached hydrogens (tertiary/aromatic N) is 3. The van der Waals surface area contributed by atoms with Crippen molar-refractivity contribution < 1.29 is 4.74 Å². The summed E-state index contributed by atoms with van der Waals surface area (Å²) in [5.74, 6) is 1.12. The molecule has 0 unspecified atom stereocenters. The Morgan fingerprint density at radius 3 is 2.28 bits per heavy atom. The standard InChI is InChI=1S/C19H21N5O/c1-12-4-10-16(11-5-12)21-19-23-17(22-18(20)24-19)15-8-6-14(7-9-15)13(2)25-3/h4-11,13H,1-3H3,(H3,20,21,22,23,24)/t13-/m0/s1. The van der Waals surface area contributed by atoms with E-state index in [0.717, 1.165) is 16.8 Å². The van der Waals surface area contributed by atoms with E-state index < -0.39 is 0 Å². The molecule has 0 saturated heterocycles. The van der Waals surface area contributed by atoms with Crippen LogP contribution in [0.5, 0.6) is 0 Å². The number of aryl methyl sites for hydroxylation is 1. The lowest BCUT2D eigenvalue weighted by atomic mass is 10.1. The Bertz CT molecular complexity index is 847. The van der Waals surface area contributed by atoms with Crippen molar-refractivity contribution in [2.45, 2.75) is 20.0 Å². The molecule has 0 amide bonds. The predicted octanol–water partition coefficient (Wildman–Crippen LogP) is 3.88. The van der Waals surface area contributed by atoms with Gasteiger partial charge in [-0.05, 0) is 31.5 Å². The van der Waals surface area contributed by atoms with Crippen LogP contribution in [-0.4, -0.2) is 22.1 Å². The third-order valence-electron chi connectivity index (χ3n) is 3.95. The molecule has 0 spiro atoms. The number of benzene rings is 2. The molecule has 3 rings (SSSR count). The van der Waals surface area contributed by atoms with Crippen LogP contribution in [0.1, 0.15) is 24.2 Å². The summed E-state index contributed by atoms with van der Waals surface area (Å²) in [6, 6.07) is 15.9. The topological polar surface area (TPSA) is 86.0 Å². The van der Waals surface area contributed by atoms with Gasteiger partial charge in [-0.3, -0.25) is 0 Å². The first kappa shape index (κ1) is 16.9. The quantitative estimate of drug-likeness (QED) is 0.736. The second-order valence-corrected chi connectivity index (χ2v) is 5.83. The minimum absolute atomic E-state index is 0.0382. The molecular weight excluding hydrogens is 314 g/mol. The number of ether oxygens (including phenoxy) is 1. The second-order valence-electron chi connectivity index (χ2n) is 5.83. The fourth-order valence-electron chi connectivity index (χ4n) is 2.38. The van der Waals surface area contributed by atoms with Crippen LogP contribution in [0, 0.1) is 6.92 Å². The Kier molecular flexibility index (Phi) is 4.90. The summed E-state index contributed by atoms with van der Waals surface area (Å²) in [6.45, 7) is 4.04. The van der Waals surface area contributed by atoms with Crippen molar-refractivity contribution in [1.82, 2.24) is 15.0 Å². The number of aromatic nitrogens is 3. The zero-order chi connectivity index (χ0) is 17.8. The van der Waals surface area contributed by atoms with Crippen LogP contribution in [0.3, 0.4) is 0 Å². The summed E-state index contributed by atoms with van der Waals surface area (Å²) < 4.78 is 5.32. The fourth-order valence-corrected chi connectivity index (χ4v) is 2.38. The summed E-state index contributed by atoms with van der Waals surface area (Å²) in [5.41, 5.74) is 9.89. The van der Waals surface area contributed by atoms with Gasteiger partial charge in [0.05, 0.1) is 6.10 Å². The first-order valence-electron chi connectivity index (χ1n) is 8.03. The Hall–Kier alpha value is -2.99. The Labute approximate surface area is 147 Å². The van der Waals surface area contributed by atoms with E-state index in [0.29, 0.717) is 11.8 Å². The minimum Gasteiger partial charge on any atom is -0.377 e. The first-order chi connectivity index (χ1) is 12.0. The van der Waals surface area contributed by atoms with Crippen LogP contribution in [0.15, 0.2) is 48.5 Å². The summed E-state index contributed by atoms with van der Waals surface area (Å²) in [4.78, 5) is 12.9. The summed E-state index contributed by atoms with van der Waals surface area (Å²) in [5, 5.41) is 3.16. The Morgan fingerprint density at radius 1 is 0.960 bits per heavy atom. The molecule has 3 N–H and O–H groups in total. The van der Waals surface area contributed by atoms with E-state index in [-0.39, 0.29) is 12.1 Å². The van der Waals surface area contributed by atoms with E-state index in [9.17, 15) is 0 Å². The van der Waals surface area contributed by atoms with E-state index in [1.807, 2.05) is 62.4 Å². The van der Waals surface area contributed by atoms with Gasteiger partial charge in [0.1, 0.15) is 0 Å². The largest absolute Gasteiger partial charge is 0.377 e. The van der Waals surface area contributed by atoms with Gasteiger partial charge in [-0.1, -0.05) is 42.0 Å². The number of anilines is 3. The number of hydrogen-bond acceptors (Lipinski definition) is 6. The van der Waals surface area contributed by atoms with E-state index in [1.165, 1.54) is 5.56 Å². The monoisotopic (exact) mass is 335 g/mol. The smallest absolute Gasteiger partial charge is 0.232 e. The summed E-state index contributed by atoms with van der Waals surface area (Å²) in [6.07, 6.45) is 0.0382. The number of rotatable bonds is 5. The van der Waals surface area contributed by atoms with E-state index in [2.05, 4.69) is 20.3 Å². The predicted molar refractivity (Wildman–Crippen MR) is 99.6 cm³/mol. The summed E-state index contributed by atoms with van der Waals surface area (Å²) in [7, 11) is 1.69. The van der Waals surface area contributed by atoms with Gasteiger partial charge in [0, 0.05) is 18.4 Å². The number of methoxy groups -OCH3 is 1. The minimum atomic E-state index is 0.0382. The van der Waals surface area contributed by atoms with Gasteiger partial charge in [0.2, 0.25) is 11.9 Å². The van der Waals surface area contributed by atoms with Crippen LogP contribution in [0.25, 0.3) is 11.4 Å². The van der Waals surface area contributed by atoms with E-state index in [1.54, 1.807) is 7.11 Å². The molecule has 128 valence electrons. The lowest BCUT2D eigenvalue weighted by molar-refractivity contribution is 0.119. The van der Waals surface area contributed by atoms with Crippen LogP contribution >= 0.6 is 0 Å². The third kappa shape index (κ3) is 4.10. The maximum atomic E-state index is 5.85. The SMILES string of the molecule is CO[C@@H](C)c1ccc(-c2nc(N)nc(Nc3ccc(C)cc3)n2)cc1. The van der Waals surface area contributed by atoms with Gasteiger partial charge in [0.15, 0.2) is 5.82 Å². The van der Waals surface area contributed by atoms with Gasteiger partial charge < -0.3 is 15.8 Å². The second kappa shape index (κ2) is 7.27. The van der Waals surface area contributed by atoms with Crippen LogP contribution < -0.4 is 11.1 Å². The molecule has 1 aromatic heterocycles. The highest BCUT2D eigenvalue weighted by molar-refractivity contribution is 5.61. The Balaban J connectivity index is 1.87. The van der Waals surface area contributed by atoms with E-state index in [4.69, 9.17) is 10.5 Å². The molecule has 0 bridgehead atoms. The maximum Gasteiger partial charge on any atom is 0.232 e. The lowest BCUT2D eigenvalue weighted by Crippen LogP contribution is -2.05. The molecule has 0 fully saturated rings. The number of nitrogens with two attached hydrogens (primary N) is 1. The van der Waals surface area contributed by atoms with Gasteiger partial charge in [0.25, 0.3) is 0 Å². The van der Waals surface area contributed by atoms with Crippen molar-refractivity contribution >= 4 is 17.6 Å². The highest BCUT2D eigenvalue weighted by atomic mass is 16.5. The third-order valence-corrected chi connectivity index (χ3v) is 3.95. The zero-order valence-electron chi connectivity index (χ0n) is 14.5. The van der Waals surface area contributed by atoms with Gasteiger partial charge in [-0.25, -0.2) is 0 Å². The molecule has 0 aliphatic heterocycles. The van der Waals surface area contributed by atoms with Crippen molar-refractivity contribution in [3.05, 3.63) is 59.7 Å². The molecule has 0 radical (unpaired) electrons. The molecule has 1 heterocycles. The number of nitrogen functional groups attached to an aromatic ring is 1. The number of hydrogen-bond donors (Lipinski definition) is 2. The molecule has 0 aliphatic carbocycles. The van der Waals surface area contributed by atoms with Crippen molar-refractivity contribution in [2.75, 3.05) is 18.2 Å². The zero-order valence-corrected chi connectivity index (χ0v) is 14.5. The molecule has 6 nitrogen and oxygen atoms in total. The van der Waals surface area contributed by atoms with Crippen molar-refractivity contribution in [3.8, 4) is 11.4 Å². The molecule has 3 aromatic rings. The van der Waals surface area contributed by atoms with Gasteiger partial charge in [-0.15, -0.1) is 0 Å². The molecular formula is C19H21N5O. The number of nitrogens with one attached hydrogen (secondary N) is 1. The molecule has 0 aliphatic rings. The fraction of sp³-hybridized carbons (Fsp3) is 0.211. The van der Waals surface area contributed by atoms with Crippen LogP contribution in [0.4, 0.5) is 17.6 Å². The average Bonchev–Trinajstić information content (AvgIpc) is 2.62. The van der Waals surface area contributed by atoms with Gasteiger partial charge >= 0.3 is 0 Å². The van der Waals surface area contributed by atoms with Crippen molar-refractivity contribution in [3.63, 3.8) is 0 Å². The molecule has 1 atom stereocenters. The highest BCUT2D eigenvalue weighted by Gasteiger charge is 2.09. The van der Waals surface area contributed by atoms with Crippen molar-refractivity contribution in [2.24, 2.45) is 0 Å². The first-order valence-corrected chi connectivity index (χ1v) is 8.03. The molecule has 6 heteroatoms. The maximum absolute atomic E-state index is 5.85. The lowest BCUT2D eigenvalue weighted by Gasteiger charge is -2.11. The Morgan fingerprint density at radius 2 is 1.64 bits per heavy atom. The van der Waals surface area contributed by atoms with E-state index >= 15 is 0 Å². The van der Waals surface area contributed by atoms with Gasteiger partial charge in [-0.2, -0.15) is 15.0 Å². The average molecular weight is 335 g/mol. The molecule has 0 saturated carbocycles. The summed E-state index contributed by atoms with van der Waals surface area (Å²) >= 11 is 0.